The van der Waals surface area contributed by atoms with E-state index < -0.39 is 0 Å². The maximum atomic E-state index is 5.18. The molecule has 0 amide bonds. The third-order valence-corrected chi connectivity index (χ3v) is 4.35. The fourth-order valence-electron chi connectivity index (χ4n) is 2.39. The van der Waals surface area contributed by atoms with E-state index in [0.29, 0.717) is 6.04 Å². The van der Waals surface area contributed by atoms with Gasteiger partial charge >= 0.3 is 0 Å². The minimum Gasteiger partial charge on any atom is -0.385 e. The van der Waals surface area contributed by atoms with Gasteiger partial charge in [0.15, 0.2) is 0 Å². The lowest BCUT2D eigenvalue weighted by Crippen LogP contribution is -2.22. The van der Waals surface area contributed by atoms with Crippen molar-refractivity contribution in [1.82, 2.24) is 5.32 Å². The highest BCUT2D eigenvalue weighted by Crippen LogP contribution is 2.32. The number of hydrogen-bond acceptors (Lipinski definition) is 3. The summed E-state index contributed by atoms with van der Waals surface area (Å²) in [5.41, 5.74) is 1.45. The van der Waals surface area contributed by atoms with Gasteiger partial charge in [0.2, 0.25) is 0 Å². The number of methoxy groups -OCH3 is 1. The topological polar surface area (TPSA) is 21.3 Å². The Bertz CT molecular complexity index is 494. The Morgan fingerprint density at radius 1 is 1.32 bits per heavy atom. The van der Waals surface area contributed by atoms with Gasteiger partial charge in [-0.15, -0.1) is 11.3 Å². The average molecular weight is 277 g/mol. The number of thiophene rings is 1. The summed E-state index contributed by atoms with van der Waals surface area (Å²) in [6, 6.07) is 9.13. The first-order valence-electron chi connectivity index (χ1n) is 7.05. The lowest BCUT2D eigenvalue weighted by molar-refractivity contribution is 0.189. The summed E-state index contributed by atoms with van der Waals surface area (Å²) < 4.78 is 6.56. The van der Waals surface area contributed by atoms with Gasteiger partial charge in [0.1, 0.15) is 0 Å². The van der Waals surface area contributed by atoms with Gasteiger partial charge in [-0.05, 0) is 48.2 Å². The Kier molecular flexibility index (Phi) is 5.83. The van der Waals surface area contributed by atoms with Crippen LogP contribution in [-0.4, -0.2) is 20.3 Å². The molecule has 104 valence electrons. The van der Waals surface area contributed by atoms with Gasteiger partial charge in [0.25, 0.3) is 0 Å². The second-order valence-corrected chi connectivity index (χ2v) is 5.74. The molecule has 3 heteroatoms. The normalized spacial score (nSPS) is 12.9. The Morgan fingerprint density at radius 3 is 2.95 bits per heavy atom. The summed E-state index contributed by atoms with van der Waals surface area (Å²) in [6.45, 7) is 4.12. The van der Waals surface area contributed by atoms with Gasteiger partial charge in [0.05, 0.1) is 0 Å². The molecule has 0 aliphatic carbocycles. The van der Waals surface area contributed by atoms with Crippen LogP contribution in [0.15, 0.2) is 29.6 Å². The van der Waals surface area contributed by atoms with Crippen LogP contribution in [0, 0.1) is 0 Å². The number of ether oxygens (including phenoxy) is 1. The molecule has 1 aromatic carbocycles. The van der Waals surface area contributed by atoms with Crippen molar-refractivity contribution in [3.8, 4) is 0 Å². The van der Waals surface area contributed by atoms with E-state index in [9.17, 15) is 0 Å². The minimum atomic E-state index is 0.450. The van der Waals surface area contributed by atoms with E-state index in [1.807, 2.05) is 11.3 Å². The second kappa shape index (κ2) is 7.63. The van der Waals surface area contributed by atoms with Gasteiger partial charge in [-0.25, -0.2) is 0 Å². The minimum absolute atomic E-state index is 0.450. The van der Waals surface area contributed by atoms with Crippen LogP contribution in [0.3, 0.4) is 0 Å². The fraction of sp³-hybridized carbons (Fsp3) is 0.500. The summed E-state index contributed by atoms with van der Waals surface area (Å²) in [7, 11) is 1.77. The van der Waals surface area contributed by atoms with Crippen LogP contribution in [0.4, 0.5) is 0 Å². The number of hydrogen-bond donors (Lipinski definition) is 1. The van der Waals surface area contributed by atoms with Crippen molar-refractivity contribution in [2.24, 2.45) is 0 Å². The molecule has 1 atom stereocenters. The van der Waals surface area contributed by atoms with E-state index in [-0.39, 0.29) is 0 Å². The first-order valence-corrected chi connectivity index (χ1v) is 7.93. The van der Waals surface area contributed by atoms with Crippen LogP contribution >= 0.6 is 11.3 Å². The van der Waals surface area contributed by atoms with Crippen LogP contribution in [-0.2, 0) is 4.74 Å². The fourth-order valence-corrected chi connectivity index (χ4v) is 3.40. The van der Waals surface area contributed by atoms with Crippen LogP contribution in [0.5, 0.6) is 0 Å². The smallest absolute Gasteiger partial charge is 0.0462 e. The van der Waals surface area contributed by atoms with Crippen molar-refractivity contribution >= 4 is 21.4 Å². The van der Waals surface area contributed by atoms with Gasteiger partial charge in [-0.3, -0.25) is 0 Å². The maximum absolute atomic E-state index is 5.18. The Hall–Kier alpha value is -0.900. The third kappa shape index (κ3) is 3.78. The Labute approximate surface area is 119 Å². The molecule has 0 saturated heterocycles. The van der Waals surface area contributed by atoms with Crippen molar-refractivity contribution in [3.05, 3.63) is 35.2 Å². The molecule has 19 heavy (non-hydrogen) atoms. The molecule has 2 rings (SSSR count). The molecule has 1 unspecified atom stereocenters. The largest absolute Gasteiger partial charge is 0.385 e. The molecule has 0 aliphatic heterocycles. The zero-order valence-corrected chi connectivity index (χ0v) is 12.6. The second-order valence-electron chi connectivity index (χ2n) is 4.83. The molecule has 0 saturated carbocycles. The molecule has 0 spiro atoms. The van der Waals surface area contributed by atoms with Crippen molar-refractivity contribution in [1.29, 1.82) is 0 Å². The quantitative estimate of drug-likeness (QED) is 0.723. The van der Waals surface area contributed by atoms with Gasteiger partial charge < -0.3 is 10.1 Å². The number of fused-ring (bicyclic) bond motifs is 1. The molecular formula is C16H23NOS. The molecule has 1 N–H and O–H groups in total. The lowest BCUT2D eigenvalue weighted by atomic mass is 10.0. The summed E-state index contributed by atoms with van der Waals surface area (Å²) >= 11 is 1.84. The first-order chi connectivity index (χ1) is 9.36. The molecule has 2 nitrogen and oxygen atoms in total. The summed E-state index contributed by atoms with van der Waals surface area (Å²) in [5.74, 6) is 0. The van der Waals surface area contributed by atoms with E-state index >= 15 is 0 Å². The highest BCUT2D eigenvalue weighted by atomic mass is 32.1. The molecule has 0 radical (unpaired) electrons. The van der Waals surface area contributed by atoms with Crippen LogP contribution in [0.1, 0.15) is 37.8 Å². The zero-order valence-electron chi connectivity index (χ0n) is 11.8. The molecule has 0 bridgehead atoms. The Balaban J connectivity index is 2.15. The zero-order chi connectivity index (χ0) is 13.5. The van der Waals surface area contributed by atoms with Crippen molar-refractivity contribution in [2.75, 3.05) is 20.3 Å². The standard InChI is InChI=1S/C16H23NOS/c1-3-10-17-15(8-6-11-18-2)14-12-19-16-9-5-4-7-13(14)16/h4-5,7,9,12,15,17H,3,6,8,10-11H2,1-2H3. The monoisotopic (exact) mass is 277 g/mol. The average Bonchev–Trinajstić information content (AvgIpc) is 2.87. The Morgan fingerprint density at radius 2 is 2.16 bits per heavy atom. The van der Waals surface area contributed by atoms with Crippen molar-refractivity contribution in [3.63, 3.8) is 0 Å². The van der Waals surface area contributed by atoms with Crippen molar-refractivity contribution in [2.45, 2.75) is 32.2 Å². The van der Waals surface area contributed by atoms with Crippen LogP contribution < -0.4 is 5.32 Å². The van der Waals surface area contributed by atoms with Crippen molar-refractivity contribution < 1.29 is 4.74 Å². The van der Waals surface area contributed by atoms with E-state index in [1.165, 1.54) is 22.1 Å². The van der Waals surface area contributed by atoms with Crippen LogP contribution in [0.2, 0.25) is 0 Å². The number of nitrogens with one attached hydrogen (secondary N) is 1. The SMILES string of the molecule is CCCNC(CCCOC)c1csc2ccccc12. The number of benzene rings is 1. The molecule has 1 heterocycles. The summed E-state index contributed by atoms with van der Waals surface area (Å²) in [6.07, 6.45) is 3.40. The van der Waals surface area contributed by atoms with Crippen LogP contribution in [0.25, 0.3) is 10.1 Å². The number of rotatable bonds is 8. The molecule has 1 aromatic heterocycles. The van der Waals surface area contributed by atoms with Gasteiger partial charge in [0, 0.05) is 24.5 Å². The predicted molar refractivity (Wildman–Crippen MR) is 84.0 cm³/mol. The van der Waals surface area contributed by atoms with Gasteiger partial charge in [-0.2, -0.15) is 0 Å². The highest BCUT2D eigenvalue weighted by Gasteiger charge is 2.14. The van der Waals surface area contributed by atoms with E-state index in [0.717, 1.165) is 26.0 Å². The molecular weight excluding hydrogens is 254 g/mol. The molecule has 0 aliphatic rings. The highest BCUT2D eigenvalue weighted by molar-refractivity contribution is 7.17. The maximum Gasteiger partial charge on any atom is 0.0462 e. The summed E-state index contributed by atoms with van der Waals surface area (Å²) in [5, 5.41) is 7.39. The first kappa shape index (κ1) is 14.5. The van der Waals surface area contributed by atoms with E-state index in [1.54, 1.807) is 7.11 Å². The summed E-state index contributed by atoms with van der Waals surface area (Å²) in [4.78, 5) is 0. The third-order valence-electron chi connectivity index (χ3n) is 3.37. The lowest BCUT2D eigenvalue weighted by Gasteiger charge is -2.18. The molecule has 2 aromatic rings. The predicted octanol–water partition coefficient (Wildman–Crippen LogP) is 4.37. The molecule has 0 fully saturated rings. The van der Waals surface area contributed by atoms with Gasteiger partial charge in [-0.1, -0.05) is 25.1 Å². The van der Waals surface area contributed by atoms with E-state index in [4.69, 9.17) is 4.74 Å². The van der Waals surface area contributed by atoms with E-state index in [2.05, 4.69) is 41.9 Å².